The van der Waals surface area contributed by atoms with Gasteiger partial charge in [0.1, 0.15) is 85.3 Å². The van der Waals surface area contributed by atoms with Crippen LogP contribution in [-0.4, -0.2) is 79.4 Å². The number of benzene rings is 2. The number of nitro groups is 2. The molecule has 22 nitrogen and oxygen atoms in total. The number of hydrogen-bond donors (Lipinski definition) is 0. The zero-order chi connectivity index (χ0) is 55.6. The molecule has 0 saturated heterocycles. The summed E-state index contributed by atoms with van der Waals surface area (Å²) in [5.74, 6) is -3.58. The van der Waals surface area contributed by atoms with Crippen LogP contribution < -0.4 is 20.3 Å². The average Bonchev–Trinajstić information content (AvgIpc) is 3.95. The van der Waals surface area contributed by atoms with E-state index in [4.69, 9.17) is 32.5 Å². The van der Waals surface area contributed by atoms with Crippen molar-refractivity contribution < 1.29 is 56.7 Å². The zero-order valence-corrected chi connectivity index (χ0v) is 43.4. The van der Waals surface area contributed by atoms with E-state index in [1.165, 1.54) is 69.2 Å². The summed E-state index contributed by atoms with van der Waals surface area (Å²) in [6.45, 7) is 11.9. The van der Waals surface area contributed by atoms with E-state index in [2.05, 4.69) is 42.9 Å². The number of nitrogens with zero attached hydrogens (tertiary/aromatic N) is 6. The maximum atomic E-state index is 13.6. The Labute approximate surface area is 439 Å². The molecular weight excluding hydrogens is 1000 g/mol. The van der Waals surface area contributed by atoms with Crippen molar-refractivity contribution in [3.8, 4) is 11.5 Å². The van der Waals surface area contributed by atoms with E-state index < -0.39 is 69.5 Å². The highest BCUT2D eigenvalue weighted by molar-refractivity contribution is 5.91. The van der Waals surface area contributed by atoms with Gasteiger partial charge in [0, 0.05) is 32.1 Å². The third-order valence-electron chi connectivity index (χ3n) is 12.6. The maximum absolute atomic E-state index is 13.6. The Bertz CT molecular complexity index is 3370. The second-order valence-electron chi connectivity index (χ2n) is 18.7. The molecule has 0 bridgehead atoms. The summed E-state index contributed by atoms with van der Waals surface area (Å²) in [5.41, 5.74) is 2.91. The second kappa shape index (κ2) is 24.4. The van der Waals surface area contributed by atoms with Gasteiger partial charge in [-0.25, -0.2) is 33.5 Å². The number of fused-ring (bicyclic) bond motifs is 2. The molecule has 22 heteroatoms. The molecule has 4 aromatic heterocycles. The fraction of sp³-hybridized carbons (Fsp3) is 0.327. The highest BCUT2D eigenvalue weighted by Gasteiger charge is 2.27. The van der Waals surface area contributed by atoms with Crippen LogP contribution in [0.5, 0.6) is 11.5 Å². The van der Waals surface area contributed by atoms with Gasteiger partial charge >= 0.3 is 29.5 Å². The smallest absolute Gasteiger partial charge is 0.374 e. The minimum atomic E-state index is -1.21. The number of carbonyl (C=O) groups is 3. The number of esters is 3. The van der Waals surface area contributed by atoms with Crippen LogP contribution in [0.2, 0.25) is 0 Å². The molecule has 0 N–H and O–H groups in total. The van der Waals surface area contributed by atoms with Crippen molar-refractivity contribution in [2.24, 2.45) is 5.41 Å². The Morgan fingerprint density at radius 2 is 1.27 bits per heavy atom. The maximum Gasteiger partial charge on any atom is 0.374 e. The molecule has 402 valence electrons. The second-order valence-corrected chi connectivity index (χ2v) is 18.7. The van der Waals surface area contributed by atoms with E-state index in [1.54, 1.807) is 26.8 Å². The van der Waals surface area contributed by atoms with Crippen molar-refractivity contribution in [1.82, 2.24) is 19.1 Å². The molecule has 0 saturated carbocycles. The Balaban J connectivity index is 1.07. The van der Waals surface area contributed by atoms with Crippen molar-refractivity contribution in [3.05, 3.63) is 184 Å². The van der Waals surface area contributed by atoms with Crippen molar-refractivity contribution in [2.75, 3.05) is 26.4 Å². The molecule has 0 fully saturated rings. The normalized spacial score (nSPS) is 14.0. The minimum Gasteiger partial charge on any atom is -0.489 e. The van der Waals surface area contributed by atoms with E-state index in [9.17, 15) is 44.2 Å². The van der Waals surface area contributed by atoms with Gasteiger partial charge in [-0.05, 0) is 90.7 Å². The first-order valence-electron chi connectivity index (χ1n) is 24.4. The van der Waals surface area contributed by atoms with E-state index in [1.807, 2.05) is 19.1 Å². The molecule has 77 heavy (non-hydrogen) atoms. The van der Waals surface area contributed by atoms with Crippen LogP contribution in [0.4, 0.5) is 11.6 Å². The van der Waals surface area contributed by atoms with Crippen molar-refractivity contribution in [1.29, 1.82) is 0 Å². The molecule has 1 aliphatic carbocycles. The molecule has 4 heterocycles. The number of carbonyl (C=O) groups excluding carboxylic acids is 3. The lowest BCUT2D eigenvalue weighted by atomic mass is 9.72. The van der Waals surface area contributed by atoms with Gasteiger partial charge in [-0.2, -0.15) is 0 Å². The van der Waals surface area contributed by atoms with E-state index in [0.717, 1.165) is 42.9 Å². The first-order valence-corrected chi connectivity index (χ1v) is 24.4. The van der Waals surface area contributed by atoms with Crippen LogP contribution in [0, 0.1) is 39.5 Å². The summed E-state index contributed by atoms with van der Waals surface area (Å²) in [6.07, 6.45) is 15.4. The number of hydrogen-bond acceptors (Lipinski definition) is 18. The van der Waals surface area contributed by atoms with Crippen LogP contribution in [0.3, 0.4) is 0 Å². The molecule has 1 aliphatic rings. The van der Waals surface area contributed by atoms with E-state index in [-0.39, 0.29) is 76.8 Å². The summed E-state index contributed by atoms with van der Waals surface area (Å²) in [4.78, 5) is 96.1. The molecule has 6 aromatic rings. The number of aryl methyl sites for hydroxylation is 2. The quantitative estimate of drug-likeness (QED) is 0.0153. The van der Waals surface area contributed by atoms with Gasteiger partial charge in [-0.3, -0.25) is 9.59 Å². The summed E-state index contributed by atoms with van der Waals surface area (Å²) in [7, 11) is 0. The molecule has 0 atom stereocenters. The molecule has 0 unspecified atom stereocenters. The molecular formula is C55H56N6O16. The third-order valence-corrected chi connectivity index (χ3v) is 12.6. The average molecular weight is 1060 g/mol. The molecule has 7 rings (SSSR count). The molecule has 0 aliphatic heterocycles. The Hall–Kier alpha value is -9.21. The summed E-state index contributed by atoms with van der Waals surface area (Å²) in [5, 5.41) is 22.6. The lowest BCUT2D eigenvalue weighted by molar-refractivity contribution is -0.392. The standard InChI is InChI=1S/C55H56N6O16/c1-33(19-20-39-35(3)14-11-21-55(39,6)7)12-8-13-34(2)26-50(64)75-38(31-73-42-15-9-17-44-51(42)40(62)27-46(76-44)53(65)71-24-22-58-36(4)56-29-48(58)60(67)68)32-74-43-16-10-18-45-52(43)41(63)28-47(77-45)54(66)72-25-23-59-37(5)57-30-49(59)61(69)70/h8-10,12-13,15-20,26-30,38H,11,14,21-25,31-32H2,1-7H3/b13-8+,20-19+,33-12+,34-26+. The highest BCUT2D eigenvalue weighted by atomic mass is 16.6. The van der Waals surface area contributed by atoms with Crippen LogP contribution >= 0.6 is 0 Å². The van der Waals surface area contributed by atoms with Crippen molar-refractivity contribution in [3.63, 3.8) is 0 Å². The Morgan fingerprint density at radius 3 is 1.75 bits per heavy atom. The summed E-state index contributed by atoms with van der Waals surface area (Å²) in [6, 6.07) is 10.6. The molecule has 2 aromatic carbocycles. The molecule has 0 radical (unpaired) electrons. The fourth-order valence-electron chi connectivity index (χ4n) is 8.70. The van der Waals surface area contributed by atoms with Gasteiger partial charge in [-0.1, -0.05) is 67.5 Å². The monoisotopic (exact) mass is 1060 g/mol. The third kappa shape index (κ3) is 13.8. The largest absolute Gasteiger partial charge is 0.489 e. The number of allylic oxidation sites excluding steroid dienone is 9. The number of ether oxygens (including phenoxy) is 5. The van der Waals surface area contributed by atoms with Crippen LogP contribution in [0.25, 0.3) is 21.9 Å². The van der Waals surface area contributed by atoms with E-state index in [0.29, 0.717) is 17.2 Å². The summed E-state index contributed by atoms with van der Waals surface area (Å²) < 4.78 is 42.6. The van der Waals surface area contributed by atoms with Gasteiger partial charge in [0.15, 0.2) is 28.6 Å². The van der Waals surface area contributed by atoms with Gasteiger partial charge in [0.05, 0.1) is 0 Å². The van der Waals surface area contributed by atoms with Crippen LogP contribution in [0.1, 0.15) is 86.6 Å². The van der Waals surface area contributed by atoms with E-state index >= 15 is 0 Å². The van der Waals surface area contributed by atoms with Crippen LogP contribution in [0.15, 0.2) is 138 Å². The molecule has 0 spiro atoms. The van der Waals surface area contributed by atoms with Crippen molar-refractivity contribution in [2.45, 2.75) is 86.9 Å². The summed E-state index contributed by atoms with van der Waals surface area (Å²) >= 11 is 0. The fourth-order valence-corrected chi connectivity index (χ4v) is 8.70. The number of aromatic nitrogens is 4. The van der Waals surface area contributed by atoms with Gasteiger partial charge in [0.2, 0.25) is 11.5 Å². The topological polar surface area (TPSA) is 280 Å². The van der Waals surface area contributed by atoms with Gasteiger partial charge < -0.3 is 52.7 Å². The number of imidazole rings is 2. The lowest BCUT2D eigenvalue weighted by Crippen LogP contribution is -2.31. The highest BCUT2D eigenvalue weighted by Crippen LogP contribution is 2.41. The first-order chi connectivity index (χ1) is 36.7. The predicted molar refractivity (Wildman–Crippen MR) is 280 cm³/mol. The molecule has 0 amide bonds. The lowest BCUT2D eigenvalue weighted by Gasteiger charge is -2.32. The minimum absolute atomic E-state index is 0.00641. The Kier molecular flexibility index (Phi) is 17.6. The predicted octanol–water partition coefficient (Wildman–Crippen LogP) is 9.34. The first kappa shape index (κ1) is 55.5. The zero-order valence-electron chi connectivity index (χ0n) is 43.4. The SMILES string of the molecule is CC1=C(/C=C/C(C)=C/C=C/C(C)=C/C(=O)OC(COc2cccc3oc(C(=O)OCCn4c([N+](=O)[O-])cnc4C)cc(=O)c23)COc2cccc3oc(C(=O)OCCn4c([N+](=O)[O-])cnc4C)cc(=O)c23)C(C)(C)CCC1. The Morgan fingerprint density at radius 1 is 0.766 bits per heavy atom. The van der Waals surface area contributed by atoms with Gasteiger partial charge in [-0.15, -0.1) is 0 Å². The number of rotatable bonds is 22. The van der Waals surface area contributed by atoms with Crippen molar-refractivity contribution >= 4 is 51.5 Å². The van der Waals surface area contributed by atoms with Crippen LogP contribution in [-0.2, 0) is 32.1 Å². The van der Waals surface area contributed by atoms with Gasteiger partial charge in [0.25, 0.3) is 0 Å².